The predicted molar refractivity (Wildman–Crippen MR) is 76.8 cm³/mol. The van der Waals surface area contributed by atoms with Crippen LogP contribution >= 0.6 is 0 Å². The quantitative estimate of drug-likeness (QED) is 0.732. The maximum atomic E-state index is 11.9. The number of ether oxygens (including phenoxy) is 1. The average molecular weight is 279 g/mol. The van der Waals surface area contributed by atoms with Crippen molar-refractivity contribution in [2.24, 2.45) is 0 Å². The first-order valence-electron chi connectivity index (χ1n) is 6.57. The number of aromatic nitrogens is 1. The van der Waals surface area contributed by atoms with E-state index in [4.69, 9.17) is 4.74 Å². The molecule has 0 aliphatic heterocycles. The number of hydrogen-bond acceptors (Lipinski definition) is 5. The van der Waals surface area contributed by atoms with Crippen LogP contribution in [0.4, 0.5) is 5.69 Å². The molecule has 1 aromatic rings. The highest BCUT2D eigenvalue weighted by atomic mass is 16.5. The van der Waals surface area contributed by atoms with E-state index in [1.165, 1.54) is 4.90 Å². The number of likely N-dealkylation sites (N-methyl/N-ethyl adjacent to an activating group) is 1. The van der Waals surface area contributed by atoms with Crippen LogP contribution in [0.3, 0.4) is 0 Å². The summed E-state index contributed by atoms with van der Waals surface area (Å²) in [5, 5.41) is 0. The molecule has 1 heterocycles. The van der Waals surface area contributed by atoms with Gasteiger partial charge in [-0.05, 0) is 26.0 Å². The summed E-state index contributed by atoms with van der Waals surface area (Å²) < 4.78 is 4.94. The fourth-order valence-corrected chi connectivity index (χ4v) is 1.71. The Bertz CT molecular complexity index is 474. The lowest BCUT2D eigenvalue weighted by Crippen LogP contribution is -2.31. The lowest BCUT2D eigenvalue weighted by Gasteiger charge is -2.22. The van der Waals surface area contributed by atoms with Crippen molar-refractivity contribution in [2.45, 2.75) is 13.8 Å². The molecular weight excluding hydrogens is 258 g/mol. The number of carbonyl (C=O) groups excluding carboxylic acids is 2. The molecule has 0 aliphatic carbocycles. The topological polar surface area (TPSA) is 62.7 Å². The Morgan fingerprint density at radius 3 is 2.55 bits per heavy atom. The third-order valence-electron chi connectivity index (χ3n) is 2.74. The van der Waals surface area contributed by atoms with Gasteiger partial charge in [-0.25, -0.2) is 0 Å². The molecule has 1 rings (SSSR count). The zero-order valence-corrected chi connectivity index (χ0v) is 12.4. The van der Waals surface area contributed by atoms with Crippen LogP contribution in [0.15, 0.2) is 18.3 Å². The van der Waals surface area contributed by atoms with Gasteiger partial charge in [0, 0.05) is 32.5 Å². The summed E-state index contributed by atoms with van der Waals surface area (Å²) in [7, 11) is 3.35. The smallest absolute Gasteiger partial charge is 0.325 e. The molecule has 0 N–H and O–H groups in total. The Kier molecular flexibility index (Phi) is 5.96. The minimum absolute atomic E-state index is 0.157. The highest BCUT2D eigenvalue weighted by Gasteiger charge is 2.14. The normalized spacial score (nSPS) is 10.0. The first kappa shape index (κ1) is 15.9. The Hall–Kier alpha value is -2.11. The fraction of sp³-hybridized carbons (Fsp3) is 0.500. The molecule has 0 saturated carbocycles. The van der Waals surface area contributed by atoms with Crippen molar-refractivity contribution < 1.29 is 14.3 Å². The molecule has 20 heavy (non-hydrogen) atoms. The maximum Gasteiger partial charge on any atom is 0.325 e. The Labute approximate surface area is 119 Å². The molecule has 110 valence electrons. The lowest BCUT2D eigenvalue weighted by molar-refractivity contribution is -0.141. The number of carbonyl (C=O) groups is 2. The third kappa shape index (κ3) is 4.22. The minimum Gasteiger partial charge on any atom is -0.465 e. The largest absolute Gasteiger partial charge is 0.465 e. The average Bonchev–Trinajstić information content (AvgIpc) is 2.44. The SMILES string of the molecule is CCOC(=O)CN(CC)c1ccnc(C(=O)N(C)C)c1. The summed E-state index contributed by atoms with van der Waals surface area (Å²) in [6.45, 7) is 4.86. The van der Waals surface area contributed by atoms with Crippen LogP contribution in [0.2, 0.25) is 0 Å². The highest BCUT2D eigenvalue weighted by molar-refractivity contribution is 5.93. The first-order chi connectivity index (χ1) is 9.49. The molecule has 0 spiro atoms. The van der Waals surface area contributed by atoms with Crippen LogP contribution in [-0.4, -0.2) is 55.6 Å². The van der Waals surface area contributed by atoms with E-state index >= 15 is 0 Å². The van der Waals surface area contributed by atoms with Gasteiger partial charge < -0.3 is 14.5 Å². The number of esters is 1. The molecule has 0 unspecified atom stereocenters. The molecule has 1 amide bonds. The number of rotatable bonds is 6. The van der Waals surface area contributed by atoms with Gasteiger partial charge in [0.2, 0.25) is 0 Å². The number of hydrogen-bond donors (Lipinski definition) is 0. The van der Waals surface area contributed by atoms with Crippen molar-refractivity contribution in [1.82, 2.24) is 9.88 Å². The van der Waals surface area contributed by atoms with Gasteiger partial charge >= 0.3 is 5.97 Å². The van der Waals surface area contributed by atoms with E-state index in [0.717, 1.165) is 5.69 Å². The van der Waals surface area contributed by atoms with Gasteiger partial charge in [0.15, 0.2) is 0 Å². The molecule has 0 fully saturated rings. The van der Waals surface area contributed by atoms with Crippen LogP contribution in [0.25, 0.3) is 0 Å². The summed E-state index contributed by atoms with van der Waals surface area (Å²) in [5.74, 6) is -0.453. The molecule has 0 aromatic carbocycles. The molecule has 6 nitrogen and oxygen atoms in total. The van der Waals surface area contributed by atoms with Gasteiger partial charge in [-0.1, -0.05) is 0 Å². The monoisotopic (exact) mass is 279 g/mol. The summed E-state index contributed by atoms with van der Waals surface area (Å²) in [6, 6.07) is 3.46. The highest BCUT2D eigenvalue weighted by Crippen LogP contribution is 2.15. The number of pyridine rings is 1. The number of amides is 1. The van der Waals surface area contributed by atoms with Crippen molar-refractivity contribution in [3.63, 3.8) is 0 Å². The van der Waals surface area contributed by atoms with E-state index in [-0.39, 0.29) is 18.4 Å². The van der Waals surface area contributed by atoms with Crippen molar-refractivity contribution in [1.29, 1.82) is 0 Å². The van der Waals surface area contributed by atoms with Gasteiger partial charge in [-0.15, -0.1) is 0 Å². The van der Waals surface area contributed by atoms with Crippen LogP contribution in [-0.2, 0) is 9.53 Å². The maximum absolute atomic E-state index is 11.9. The molecule has 0 saturated heterocycles. The summed E-state index contributed by atoms with van der Waals surface area (Å²) in [5.41, 5.74) is 1.13. The first-order valence-corrected chi connectivity index (χ1v) is 6.57. The molecule has 0 aliphatic rings. The Balaban J connectivity index is 2.90. The molecule has 0 radical (unpaired) electrons. The fourth-order valence-electron chi connectivity index (χ4n) is 1.71. The third-order valence-corrected chi connectivity index (χ3v) is 2.74. The van der Waals surface area contributed by atoms with Gasteiger partial charge in [0.1, 0.15) is 12.2 Å². The van der Waals surface area contributed by atoms with Crippen molar-refractivity contribution in [3.8, 4) is 0 Å². The standard InChI is InChI=1S/C14H21N3O3/c1-5-17(10-13(18)20-6-2)11-7-8-15-12(9-11)14(19)16(3)4/h7-9H,5-6,10H2,1-4H3. The summed E-state index contributed by atoms with van der Waals surface area (Å²) in [4.78, 5) is 30.8. The second-order valence-corrected chi connectivity index (χ2v) is 4.42. The second kappa shape index (κ2) is 7.47. The lowest BCUT2D eigenvalue weighted by atomic mass is 10.2. The van der Waals surface area contributed by atoms with E-state index in [9.17, 15) is 9.59 Å². The second-order valence-electron chi connectivity index (χ2n) is 4.42. The number of anilines is 1. The van der Waals surface area contributed by atoms with Crippen LogP contribution in [0, 0.1) is 0 Å². The van der Waals surface area contributed by atoms with E-state index in [0.29, 0.717) is 18.8 Å². The van der Waals surface area contributed by atoms with Gasteiger partial charge in [-0.2, -0.15) is 0 Å². The summed E-state index contributed by atoms with van der Waals surface area (Å²) in [6.07, 6.45) is 1.57. The molecule has 6 heteroatoms. The van der Waals surface area contributed by atoms with E-state index in [1.807, 2.05) is 11.8 Å². The van der Waals surface area contributed by atoms with E-state index in [1.54, 1.807) is 39.3 Å². The van der Waals surface area contributed by atoms with E-state index in [2.05, 4.69) is 4.98 Å². The zero-order valence-electron chi connectivity index (χ0n) is 12.4. The molecule has 1 aromatic heterocycles. The molecular formula is C14H21N3O3. The molecule has 0 bridgehead atoms. The van der Waals surface area contributed by atoms with E-state index < -0.39 is 0 Å². The van der Waals surface area contributed by atoms with Gasteiger partial charge in [0.25, 0.3) is 5.91 Å². The van der Waals surface area contributed by atoms with Crippen molar-refractivity contribution >= 4 is 17.6 Å². The van der Waals surface area contributed by atoms with Gasteiger partial charge in [0.05, 0.1) is 6.61 Å². The van der Waals surface area contributed by atoms with Crippen LogP contribution in [0.1, 0.15) is 24.3 Å². The van der Waals surface area contributed by atoms with Crippen LogP contribution in [0.5, 0.6) is 0 Å². The van der Waals surface area contributed by atoms with Crippen molar-refractivity contribution in [3.05, 3.63) is 24.0 Å². The van der Waals surface area contributed by atoms with Crippen LogP contribution < -0.4 is 4.90 Å². The van der Waals surface area contributed by atoms with Gasteiger partial charge in [-0.3, -0.25) is 14.6 Å². The Morgan fingerprint density at radius 1 is 1.30 bits per heavy atom. The Morgan fingerprint density at radius 2 is 2.00 bits per heavy atom. The van der Waals surface area contributed by atoms with Crippen molar-refractivity contribution in [2.75, 3.05) is 38.7 Å². The number of nitrogens with zero attached hydrogens (tertiary/aromatic N) is 3. The zero-order chi connectivity index (χ0) is 15.1. The predicted octanol–water partition coefficient (Wildman–Crippen LogP) is 1.17. The summed E-state index contributed by atoms with van der Waals surface area (Å²) >= 11 is 0. The minimum atomic E-state index is -0.286. The molecule has 0 atom stereocenters.